The van der Waals surface area contributed by atoms with Gasteiger partial charge in [0.1, 0.15) is 4.88 Å². The fraction of sp³-hybridized carbons (Fsp3) is 0.370. The SMILES string of the molecule is CCCCCCCCCCc1cc(C(=O)O)sc1-c1ccc(-c2ccccc2)cc1. The van der Waals surface area contributed by atoms with Gasteiger partial charge in [-0.2, -0.15) is 0 Å². The van der Waals surface area contributed by atoms with Crippen LogP contribution in [0.5, 0.6) is 0 Å². The lowest BCUT2D eigenvalue weighted by Gasteiger charge is -2.07. The van der Waals surface area contributed by atoms with Crippen LogP contribution in [0.4, 0.5) is 0 Å². The second-order valence-corrected chi connectivity index (χ2v) is 8.99. The smallest absolute Gasteiger partial charge is 0.345 e. The molecule has 3 heteroatoms. The van der Waals surface area contributed by atoms with Crippen molar-refractivity contribution in [1.29, 1.82) is 0 Å². The van der Waals surface area contributed by atoms with Gasteiger partial charge in [-0.1, -0.05) is 106 Å². The number of carbonyl (C=O) groups is 1. The summed E-state index contributed by atoms with van der Waals surface area (Å²) < 4.78 is 0. The number of carboxylic acid groups (broad SMARTS) is 1. The Balaban J connectivity index is 1.65. The Bertz CT molecular complexity index is 910. The van der Waals surface area contributed by atoms with Gasteiger partial charge in [0.2, 0.25) is 0 Å². The normalized spacial score (nSPS) is 11.0. The summed E-state index contributed by atoms with van der Waals surface area (Å²) in [6.07, 6.45) is 11.2. The number of unbranched alkanes of at least 4 members (excludes halogenated alkanes) is 7. The number of benzene rings is 2. The van der Waals surface area contributed by atoms with E-state index >= 15 is 0 Å². The van der Waals surface area contributed by atoms with Crippen LogP contribution >= 0.6 is 11.3 Å². The van der Waals surface area contributed by atoms with Crippen molar-refractivity contribution in [2.24, 2.45) is 0 Å². The van der Waals surface area contributed by atoms with Crippen molar-refractivity contribution in [2.45, 2.75) is 64.7 Å². The van der Waals surface area contributed by atoms with Gasteiger partial charge in [0, 0.05) is 4.88 Å². The summed E-state index contributed by atoms with van der Waals surface area (Å²) in [5, 5.41) is 9.49. The van der Waals surface area contributed by atoms with Crippen molar-refractivity contribution in [3.8, 4) is 21.6 Å². The van der Waals surface area contributed by atoms with Crippen molar-refractivity contribution in [3.63, 3.8) is 0 Å². The van der Waals surface area contributed by atoms with E-state index in [1.54, 1.807) is 0 Å². The molecule has 0 radical (unpaired) electrons. The van der Waals surface area contributed by atoms with E-state index in [0.29, 0.717) is 4.88 Å². The van der Waals surface area contributed by atoms with Crippen molar-refractivity contribution in [2.75, 3.05) is 0 Å². The predicted octanol–water partition coefficient (Wildman–Crippen LogP) is 8.46. The zero-order chi connectivity index (χ0) is 21.2. The Hall–Kier alpha value is -2.39. The van der Waals surface area contributed by atoms with Gasteiger partial charge in [0.15, 0.2) is 0 Å². The third-order valence-electron chi connectivity index (χ3n) is 5.57. The van der Waals surface area contributed by atoms with Gasteiger partial charge < -0.3 is 5.11 Å². The first-order valence-electron chi connectivity index (χ1n) is 11.2. The number of hydrogen-bond donors (Lipinski definition) is 1. The van der Waals surface area contributed by atoms with E-state index in [4.69, 9.17) is 0 Å². The Morgan fingerprint density at radius 1 is 0.767 bits per heavy atom. The molecule has 0 aliphatic carbocycles. The molecule has 0 saturated carbocycles. The Morgan fingerprint density at radius 2 is 1.33 bits per heavy atom. The number of carboxylic acids is 1. The molecule has 30 heavy (non-hydrogen) atoms. The van der Waals surface area contributed by atoms with Gasteiger partial charge >= 0.3 is 5.97 Å². The molecule has 2 aromatic carbocycles. The summed E-state index contributed by atoms with van der Waals surface area (Å²) in [5.41, 5.74) is 4.66. The highest BCUT2D eigenvalue weighted by molar-refractivity contribution is 7.17. The maximum absolute atomic E-state index is 11.5. The van der Waals surface area contributed by atoms with Gasteiger partial charge in [-0.3, -0.25) is 0 Å². The highest BCUT2D eigenvalue weighted by atomic mass is 32.1. The Morgan fingerprint density at radius 3 is 1.97 bits per heavy atom. The van der Waals surface area contributed by atoms with Crippen molar-refractivity contribution in [3.05, 3.63) is 71.1 Å². The van der Waals surface area contributed by atoms with Gasteiger partial charge in [-0.15, -0.1) is 11.3 Å². The molecule has 3 aromatic rings. The van der Waals surface area contributed by atoms with Crippen molar-refractivity contribution >= 4 is 17.3 Å². The molecule has 0 spiro atoms. The average molecular weight is 421 g/mol. The van der Waals surface area contributed by atoms with Crippen LogP contribution in [0.3, 0.4) is 0 Å². The van der Waals surface area contributed by atoms with Gasteiger partial charge in [-0.25, -0.2) is 4.79 Å². The fourth-order valence-corrected chi connectivity index (χ4v) is 4.91. The standard InChI is InChI=1S/C27H32O2S/c1-2-3-4-5-6-7-8-10-15-24-20-25(27(28)29)30-26(24)23-18-16-22(17-19-23)21-13-11-9-12-14-21/h9,11-14,16-20H,2-8,10,15H2,1H3,(H,28,29). The number of aromatic carboxylic acids is 1. The van der Waals surface area contributed by atoms with E-state index in [1.165, 1.54) is 73.0 Å². The zero-order valence-corrected chi connectivity index (χ0v) is 18.7. The quantitative estimate of drug-likeness (QED) is 0.298. The molecular formula is C27H32O2S. The van der Waals surface area contributed by atoms with E-state index < -0.39 is 5.97 Å². The van der Waals surface area contributed by atoms with Gasteiger partial charge in [0.25, 0.3) is 0 Å². The van der Waals surface area contributed by atoms with Gasteiger partial charge in [0.05, 0.1) is 0 Å². The minimum atomic E-state index is -0.829. The summed E-state index contributed by atoms with van der Waals surface area (Å²) >= 11 is 1.40. The highest BCUT2D eigenvalue weighted by Gasteiger charge is 2.15. The first kappa shape index (κ1) is 22.3. The molecule has 0 bridgehead atoms. The van der Waals surface area contributed by atoms with Crippen molar-refractivity contribution in [1.82, 2.24) is 0 Å². The number of hydrogen-bond acceptors (Lipinski definition) is 2. The molecule has 0 aliphatic rings. The molecule has 3 rings (SSSR count). The molecule has 1 aromatic heterocycles. The number of aryl methyl sites for hydroxylation is 1. The third-order valence-corrected chi connectivity index (χ3v) is 6.79. The molecule has 0 amide bonds. The Labute approximate surface area is 184 Å². The lowest BCUT2D eigenvalue weighted by Crippen LogP contribution is -1.91. The molecule has 0 aliphatic heterocycles. The van der Waals surface area contributed by atoms with E-state index in [9.17, 15) is 9.90 Å². The summed E-state index contributed by atoms with van der Waals surface area (Å²) in [5.74, 6) is -0.829. The van der Waals surface area contributed by atoms with Crippen molar-refractivity contribution < 1.29 is 9.90 Å². The minimum Gasteiger partial charge on any atom is -0.477 e. The average Bonchev–Trinajstić information content (AvgIpc) is 3.21. The molecule has 0 saturated heterocycles. The molecule has 0 atom stereocenters. The van der Waals surface area contributed by atoms with Crippen LogP contribution in [0.15, 0.2) is 60.7 Å². The second-order valence-electron chi connectivity index (χ2n) is 7.94. The topological polar surface area (TPSA) is 37.3 Å². The first-order valence-corrected chi connectivity index (χ1v) is 12.0. The molecule has 2 nitrogen and oxygen atoms in total. The number of thiophene rings is 1. The van der Waals surface area contributed by atoms with E-state index in [1.807, 2.05) is 24.3 Å². The lowest BCUT2D eigenvalue weighted by molar-refractivity contribution is 0.0702. The van der Waals surface area contributed by atoms with E-state index in [2.05, 4.69) is 43.3 Å². The third kappa shape index (κ3) is 6.30. The summed E-state index contributed by atoms with van der Waals surface area (Å²) in [6.45, 7) is 2.25. The summed E-state index contributed by atoms with van der Waals surface area (Å²) in [7, 11) is 0. The zero-order valence-electron chi connectivity index (χ0n) is 17.9. The lowest BCUT2D eigenvalue weighted by atomic mass is 10.00. The molecular weight excluding hydrogens is 388 g/mol. The predicted molar refractivity (Wildman–Crippen MR) is 128 cm³/mol. The molecule has 158 valence electrons. The summed E-state index contributed by atoms with van der Waals surface area (Å²) in [4.78, 5) is 13.1. The van der Waals surface area contributed by atoms with Crippen LogP contribution in [0.25, 0.3) is 21.6 Å². The van der Waals surface area contributed by atoms with Crippen LogP contribution in [-0.2, 0) is 6.42 Å². The van der Waals surface area contributed by atoms with Crippen LogP contribution in [0.1, 0.15) is 73.5 Å². The highest BCUT2D eigenvalue weighted by Crippen LogP contribution is 2.35. The largest absolute Gasteiger partial charge is 0.477 e. The monoisotopic (exact) mass is 420 g/mol. The van der Waals surface area contributed by atoms with Gasteiger partial charge in [-0.05, 0) is 41.2 Å². The maximum atomic E-state index is 11.5. The second kappa shape index (κ2) is 11.7. The minimum absolute atomic E-state index is 0.437. The molecule has 0 fully saturated rings. The van der Waals surface area contributed by atoms with Crippen LogP contribution in [0, 0.1) is 0 Å². The van der Waals surface area contributed by atoms with Crippen LogP contribution in [-0.4, -0.2) is 11.1 Å². The fourth-order valence-electron chi connectivity index (χ4n) is 3.86. The van der Waals surface area contributed by atoms with Crippen LogP contribution < -0.4 is 0 Å². The summed E-state index contributed by atoms with van der Waals surface area (Å²) in [6, 6.07) is 20.7. The molecule has 1 N–H and O–H groups in total. The van der Waals surface area contributed by atoms with E-state index in [0.717, 1.165) is 23.3 Å². The maximum Gasteiger partial charge on any atom is 0.345 e. The molecule has 1 heterocycles. The van der Waals surface area contributed by atoms with E-state index in [-0.39, 0.29) is 0 Å². The Kier molecular flexibility index (Phi) is 8.70. The van der Waals surface area contributed by atoms with Crippen LogP contribution in [0.2, 0.25) is 0 Å². The first-order chi connectivity index (χ1) is 14.7. The molecule has 0 unspecified atom stereocenters. The number of rotatable bonds is 12.